The number of esters is 1. The van der Waals surface area contributed by atoms with Crippen molar-refractivity contribution in [2.75, 3.05) is 13.2 Å². The summed E-state index contributed by atoms with van der Waals surface area (Å²) in [5.74, 6) is -0.0677. The zero-order chi connectivity index (χ0) is 9.52. The summed E-state index contributed by atoms with van der Waals surface area (Å²) < 4.78 is 4.91. The van der Waals surface area contributed by atoms with Crippen molar-refractivity contribution in [3.8, 4) is 0 Å². The van der Waals surface area contributed by atoms with Crippen molar-refractivity contribution in [1.82, 2.24) is 5.32 Å². The molecule has 0 unspecified atom stereocenters. The van der Waals surface area contributed by atoms with Crippen LogP contribution in [0.3, 0.4) is 0 Å². The zero-order valence-corrected chi connectivity index (χ0v) is 8.34. The maximum atomic E-state index is 11.2. The lowest BCUT2D eigenvalue weighted by Crippen LogP contribution is -2.31. The van der Waals surface area contributed by atoms with Crippen molar-refractivity contribution in [1.29, 1.82) is 0 Å². The highest BCUT2D eigenvalue weighted by Crippen LogP contribution is 2.11. The van der Waals surface area contributed by atoms with Gasteiger partial charge in [-0.3, -0.25) is 4.79 Å². The fourth-order valence-corrected chi connectivity index (χ4v) is 1.70. The lowest BCUT2D eigenvalue weighted by Gasteiger charge is -2.13. The molecule has 76 valence electrons. The first-order valence-corrected chi connectivity index (χ1v) is 5.22. The molecule has 1 heterocycles. The molecule has 0 bridgehead atoms. The van der Waals surface area contributed by atoms with Crippen LogP contribution in [0.5, 0.6) is 0 Å². The highest BCUT2D eigenvalue weighted by molar-refractivity contribution is 5.70. The molecule has 0 aromatic heterocycles. The average molecular weight is 185 g/mol. The third kappa shape index (κ3) is 4.27. The molecule has 13 heavy (non-hydrogen) atoms. The van der Waals surface area contributed by atoms with Crippen LogP contribution in [0.15, 0.2) is 0 Å². The molecule has 0 spiro atoms. The molecule has 1 N–H and O–H groups in total. The monoisotopic (exact) mass is 185 g/mol. The Hall–Kier alpha value is -0.570. The van der Waals surface area contributed by atoms with Crippen molar-refractivity contribution in [3.63, 3.8) is 0 Å². The summed E-state index contributed by atoms with van der Waals surface area (Å²) in [6.45, 7) is 3.38. The van der Waals surface area contributed by atoms with Crippen LogP contribution in [-0.2, 0) is 9.53 Å². The molecule has 1 atom stereocenters. The lowest BCUT2D eigenvalue weighted by atomic mass is 10.1. The van der Waals surface area contributed by atoms with Crippen molar-refractivity contribution in [3.05, 3.63) is 0 Å². The van der Waals surface area contributed by atoms with Crippen LogP contribution in [0.1, 0.15) is 39.0 Å². The van der Waals surface area contributed by atoms with E-state index in [-0.39, 0.29) is 5.97 Å². The van der Waals surface area contributed by atoms with Gasteiger partial charge in [-0.15, -0.1) is 0 Å². The molecule has 0 amide bonds. The van der Waals surface area contributed by atoms with Crippen LogP contribution in [0.2, 0.25) is 0 Å². The molecule has 1 aliphatic rings. The third-order valence-electron chi connectivity index (χ3n) is 2.38. The van der Waals surface area contributed by atoms with Crippen LogP contribution in [0, 0.1) is 0 Å². The van der Waals surface area contributed by atoms with E-state index in [2.05, 4.69) is 5.32 Å². The smallest absolute Gasteiger partial charge is 0.307 e. The number of nitrogens with one attached hydrogen (secondary N) is 1. The molecule has 3 nitrogen and oxygen atoms in total. The number of hydrogen-bond donors (Lipinski definition) is 1. The Morgan fingerprint density at radius 1 is 1.46 bits per heavy atom. The topological polar surface area (TPSA) is 38.3 Å². The third-order valence-corrected chi connectivity index (χ3v) is 2.38. The minimum atomic E-state index is -0.0677. The summed E-state index contributed by atoms with van der Waals surface area (Å²) in [5.41, 5.74) is 0. The van der Waals surface area contributed by atoms with Crippen LogP contribution in [-0.4, -0.2) is 25.2 Å². The van der Waals surface area contributed by atoms with E-state index in [0.29, 0.717) is 19.1 Å². The molecule has 0 aliphatic carbocycles. The van der Waals surface area contributed by atoms with Gasteiger partial charge in [0.25, 0.3) is 0 Å². The van der Waals surface area contributed by atoms with Crippen molar-refractivity contribution in [2.24, 2.45) is 0 Å². The first-order valence-electron chi connectivity index (χ1n) is 5.22. The van der Waals surface area contributed by atoms with Crippen LogP contribution in [0.4, 0.5) is 0 Å². The minimum absolute atomic E-state index is 0.0677. The van der Waals surface area contributed by atoms with Gasteiger partial charge < -0.3 is 10.1 Å². The molecule has 1 aliphatic heterocycles. The zero-order valence-electron chi connectivity index (χ0n) is 8.34. The fourth-order valence-electron chi connectivity index (χ4n) is 1.70. The van der Waals surface area contributed by atoms with E-state index >= 15 is 0 Å². The fraction of sp³-hybridized carbons (Fsp3) is 0.900. The second kappa shape index (κ2) is 5.97. The molecule has 1 rings (SSSR count). The van der Waals surface area contributed by atoms with Crippen LogP contribution < -0.4 is 5.32 Å². The predicted molar refractivity (Wildman–Crippen MR) is 51.5 cm³/mol. The second-order valence-electron chi connectivity index (χ2n) is 3.51. The molecule has 0 aromatic carbocycles. The molecular weight excluding hydrogens is 166 g/mol. The van der Waals surface area contributed by atoms with Gasteiger partial charge in [0.2, 0.25) is 0 Å². The molecule has 1 fully saturated rings. The van der Waals surface area contributed by atoms with Gasteiger partial charge >= 0.3 is 5.97 Å². The Morgan fingerprint density at radius 2 is 2.31 bits per heavy atom. The number of ether oxygens (including phenoxy) is 1. The highest BCUT2D eigenvalue weighted by atomic mass is 16.5. The molecule has 1 saturated heterocycles. The van der Waals surface area contributed by atoms with Gasteiger partial charge in [-0.05, 0) is 26.3 Å². The molecule has 0 aromatic rings. The average Bonchev–Trinajstić information content (AvgIpc) is 2.33. The summed E-state index contributed by atoms with van der Waals surface area (Å²) in [7, 11) is 0. The van der Waals surface area contributed by atoms with Gasteiger partial charge in [0, 0.05) is 6.04 Å². The quantitative estimate of drug-likeness (QED) is 0.677. The summed E-state index contributed by atoms with van der Waals surface area (Å²) >= 11 is 0. The number of hydrogen-bond acceptors (Lipinski definition) is 3. The summed E-state index contributed by atoms with van der Waals surface area (Å²) in [5, 5.41) is 3.37. The first-order chi connectivity index (χ1) is 6.33. The maximum absolute atomic E-state index is 11.2. The van der Waals surface area contributed by atoms with Crippen molar-refractivity contribution >= 4 is 5.97 Å². The Bertz CT molecular complexity index is 151. The van der Waals surface area contributed by atoms with E-state index in [0.717, 1.165) is 13.0 Å². The predicted octanol–water partition coefficient (Wildman–Crippen LogP) is 1.47. The van der Waals surface area contributed by atoms with E-state index < -0.39 is 0 Å². The molecule has 0 saturated carbocycles. The Balaban J connectivity index is 2.21. The second-order valence-corrected chi connectivity index (χ2v) is 3.51. The number of carbonyl (C=O) groups is 1. The van der Waals surface area contributed by atoms with E-state index in [9.17, 15) is 4.79 Å². The van der Waals surface area contributed by atoms with Crippen LogP contribution >= 0.6 is 0 Å². The van der Waals surface area contributed by atoms with Gasteiger partial charge in [-0.1, -0.05) is 12.8 Å². The molecular formula is C10H19NO2. The summed E-state index contributed by atoms with van der Waals surface area (Å²) in [6.07, 6.45) is 5.40. The van der Waals surface area contributed by atoms with Crippen LogP contribution in [0.25, 0.3) is 0 Å². The first kappa shape index (κ1) is 10.5. The SMILES string of the molecule is CCOC(=O)C[C@@H]1CCCCCN1. The number of carbonyl (C=O) groups excluding carboxylic acids is 1. The molecule has 3 heteroatoms. The Morgan fingerprint density at radius 3 is 3.08 bits per heavy atom. The van der Waals surface area contributed by atoms with E-state index in [1.54, 1.807) is 0 Å². The van der Waals surface area contributed by atoms with Crippen molar-refractivity contribution in [2.45, 2.75) is 45.1 Å². The van der Waals surface area contributed by atoms with E-state index in [4.69, 9.17) is 4.74 Å². The summed E-state index contributed by atoms with van der Waals surface area (Å²) in [6, 6.07) is 0.349. The van der Waals surface area contributed by atoms with Gasteiger partial charge in [0.15, 0.2) is 0 Å². The largest absolute Gasteiger partial charge is 0.466 e. The lowest BCUT2D eigenvalue weighted by molar-refractivity contribution is -0.143. The van der Waals surface area contributed by atoms with Gasteiger partial charge in [-0.25, -0.2) is 0 Å². The number of rotatable bonds is 3. The van der Waals surface area contributed by atoms with Crippen molar-refractivity contribution < 1.29 is 9.53 Å². The normalized spacial score (nSPS) is 23.6. The Kier molecular flexibility index (Phi) is 4.83. The highest BCUT2D eigenvalue weighted by Gasteiger charge is 2.15. The maximum Gasteiger partial charge on any atom is 0.307 e. The summed E-state index contributed by atoms with van der Waals surface area (Å²) in [4.78, 5) is 11.2. The molecule has 0 radical (unpaired) electrons. The van der Waals surface area contributed by atoms with E-state index in [1.807, 2.05) is 6.92 Å². The Labute approximate surface area is 79.8 Å². The standard InChI is InChI=1S/C10H19NO2/c1-2-13-10(12)8-9-6-4-3-5-7-11-9/h9,11H,2-8H2,1H3/t9-/m0/s1. The van der Waals surface area contributed by atoms with Gasteiger partial charge in [-0.2, -0.15) is 0 Å². The minimum Gasteiger partial charge on any atom is -0.466 e. The van der Waals surface area contributed by atoms with Gasteiger partial charge in [0.1, 0.15) is 0 Å². The van der Waals surface area contributed by atoms with Gasteiger partial charge in [0.05, 0.1) is 13.0 Å². The van der Waals surface area contributed by atoms with E-state index in [1.165, 1.54) is 19.3 Å².